The molecule has 0 radical (unpaired) electrons. The zero-order valence-corrected chi connectivity index (χ0v) is 34.2. The Morgan fingerprint density at radius 1 is 0.922 bits per heavy atom. The second kappa shape index (κ2) is 17.0. The molecule has 5 aliphatic carbocycles. The van der Waals surface area contributed by atoms with Crippen LogP contribution in [0.25, 0.3) is 11.1 Å². The van der Waals surface area contributed by atoms with Gasteiger partial charge in [-0.05, 0) is 148 Å². The number of fused-ring (bicyclic) bond motifs is 3. The van der Waals surface area contributed by atoms with E-state index in [0.29, 0.717) is 36.5 Å². The molecule has 9 heteroatoms. The van der Waals surface area contributed by atoms with E-state index in [2.05, 4.69) is 17.7 Å². The number of methoxy groups -OCH3 is 1. The van der Waals surface area contributed by atoms with E-state index in [4.69, 9.17) is 4.74 Å². The van der Waals surface area contributed by atoms with Crippen LogP contribution in [0.3, 0.4) is 0 Å². The SMILES string of the molecule is CC.CC1C2CCCC1C2.COc1ccc2c(c1)CC(C)(S(C)(=O)=O)CC/C2=C(\c1ccc(C(=O)NS(=O)(=O)C(C)C)cc1C)C1CCCCC1. The molecule has 0 spiro atoms. The molecule has 4 fully saturated rings. The molecule has 1 amide bonds. The molecule has 3 atom stereocenters. The Hall–Kier alpha value is -2.65. The van der Waals surface area contributed by atoms with E-state index < -0.39 is 35.8 Å². The molecular formula is C42H63NO6S2. The van der Waals surface area contributed by atoms with E-state index in [9.17, 15) is 21.6 Å². The van der Waals surface area contributed by atoms with Crippen molar-refractivity contribution in [2.45, 2.75) is 136 Å². The van der Waals surface area contributed by atoms with Gasteiger partial charge in [-0.15, -0.1) is 0 Å². The Morgan fingerprint density at radius 3 is 2.08 bits per heavy atom. The van der Waals surface area contributed by atoms with Crippen LogP contribution >= 0.6 is 0 Å². The molecule has 0 saturated heterocycles. The topological polar surface area (TPSA) is 107 Å². The fourth-order valence-corrected chi connectivity index (χ4v) is 10.1. The van der Waals surface area contributed by atoms with Crippen molar-refractivity contribution >= 4 is 36.9 Å². The standard InChI is InChI=1S/C32H43NO6S2.C8H14.C2H6/c1-21(2)41(37,38)33-31(34)24-12-14-27(22(3)18-24)30(23-10-8-7-9-11-23)29-16-17-32(4,40(6,35)36)20-25-19-26(39-5)13-15-28(25)29;1-6-7-3-2-4-8(6)5-7;1-2/h12-15,18-19,21,23H,7-11,16-17,20H2,1-6H3,(H,33,34);6-8H,2-5H2,1H3;1-2H3/b30-29+;;. The fourth-order valence-electron chi connectivity index (χ4n) is 8.59. The predicted octanol–water partition coefficient (Wildman–Crippen LogP) is 9.57. The number of carbonyl (C=O) groups excluding carboxylic acids is 1. The van der Waals surface area contributed by atoms with Crippen LogP contribution in [-0.4, -0.2) is 46.1 Å². The summed E-state index contributed by atoms with van der Waals surface area (Å²) in [5.74, 6) is 3.75. The quantitative estimate of drug-likeness (QED) is 0.284. The Morgan fingerprint density at radius 2 is 1.57 bits per heavy atom. The second-order valence-electron chi connectivity index (χ2n) is 15.7. The molecule has 2 aromatic rings. The second-order valence-corrected chi connectivity index (χ2v) is 20.5. The first-order valence-corrected chi connectivity index (χ1v) is 22.8. The molecule has 0 aromatic heterocycles. The summed E-state index contributed by atoms with van der Waals surface area (Å²) in [4.78, 5) is 12.9. The van der Waals surface area contributed by atoms with Crippen molar-refractivity contribution in [1.82, 2.24) is 4.72 Å². The molecule has 0 heterocycles. The first kappa shape index (κ1) is 41.1. The minimum atomic E-state index is -3.75. The van der Waals surface area contributed by atoms with Gasteiger partial charge < -0.3 is 4.74 Å². The minimum Gasteiger partial charge on any atom is -0.497 e. The Kier molecular flexibility index (Phi) is 13.7. The van der Waals surface area contributed by atoms with Gasteiger partial charge in [-0.3, -0.25) is 4.79 Å². The molecular weight excluding hydrogens is 679 g/mol. The summed E-state index contributed by atoms with van der Waals surface area (Å²) in [6.07, 6.45) is 14.6. The summed E-state index contributed by atoms with van der Waals surface area (Å²) in [5, 5.41) is -0.721. The van der Waals surface area contributed by atoms with Gasteiger partial charge in [0.25, 0.3) is 5.91 Å². The number of sulfonamides is 1. The zero-order chi connectivity index (χ0) is 37.7. The van der Waals surface area contributed by atoms with Gasteiger partial charge in [-0.1, -0.05) is 71.4 Å². The van der Waals surface area contributed by atoms with Gasteiger partial charge in [-0.25, -0.2) is 21.6 Å². The van der Waals surface area contributed by atoms with E-state index >= 15 is 0 Å². The van der Waals surface area contributed by atoms with Crippen LogP contribution < -0.4 is 9.46 Å². The van der Waals surface area contributed by atoms with Crippen molar-refractivity contribution in [3.63, 3.8) is 0 Å². The summed E-state index contributed by atoms with van der Waals surface area (Å²) < 4.78 is 57.5. The van der Waals surface area contributed by atoms with Gasteiger partial charge in [0.15, 0.2) is 9.84 Å². The van der Waals surface area contributed by atoms with Crippen LogP contribution in [0.2, 0.25) is 0 Å². The molecule has 2 aromatic carbocycles. The lowest BCUT2D eigenvalue weighted by atomic mass is 9.58. The maximum Gasteiger partial charge on any atom is 0.264 e. The van der Waals surface area contributed by atoms with Gasteiger partial charge >= 0.3 is 0 Å². The number of sulfone groups is 1. The van der Waals surface area contributed by atoms with Gasteiger partial charge in [0.2, 0.25) is 10.0 Å². The summed E-state index contributed by atoms with van der Waals surface area (Å²) in [6.45, 7) is 13.3. The first-order chi connectivity index (χ1) is 24.0. The highest BCUT2D eigenvalue weighted by atomic mass is 32.2. The lowest BCUT2D eigenvalue weighted by Gasteiger charge is -2.47. The molecule has 51 heavy (non-hydrogen) atoms. The van der Waals surface area contributed by atoms with E-state index in [1.54, 1.807) is 25.7 Å². The smallest absolute Gasteiger partial charge is 0.264 e. The molecule has 1 N–H and O–H groups in total. The van der Waals surface area contributed by atoms with Crippen LogP contribution in [0.4, 0.5) is 0 Å². The molecule has 3 unspecified atom stereocenters. The Labute approximate surface area is 309 Å². The highest BCUT2D eigenvalue weighted by Crippen LogP contribution is 2.50. The molecule has 2 bridgehead atoms. The number of amides is 1. The van der Waals surface area contributed by atoms with Crippen molar-refractivity contribution in [3.05, 3.63) is 64.2 Å². The monoisotopic (exact) mass is 741 g/mol. The number of ether oxygens (including phenoxy) is 1. The van der Waals surface area contributed by atoms with Crippen molar-refractivity contribution in [2.24, 2.45) is 23.7 Å². The number of hydrogen-bond acceptors (Lipinski definition) is 6. The van der Waals surface area contributed by atoms with E-state index in [1.165, 1.54) is 51.4 Å². The maximum atomic E-state index is 13.0. The van der Waals surface area contributed by atoms with Crippen LogP contribution in [0.5, 0.6) is 5.75 Å². The Bertz CT molecular complexity index is 1770. The third-order valence-corrected chi connectivity index (χ3v) is 16.1. The Balaban J connectivity index is 0.000000500. The zero-order valence-electron chi connectivity index (χ0n) is 32.6. The summed E-state index contributed by atoms with van der Waals surface area (Å²) >= 11 is 0. The number of allylic oxidation sites excluding steroid dienone is 2. The lowest BCUT2D eigenvalue weighted by molar-refractivity contribution is 0.0284. The molecule has 4 saturated carbocycles. The van der Waals surface area contributed by atoms with Crippen LogP contribution in [0.1, 0.15) is 145 Å². The number of aryl methyl sites for hydroxylation is 1. The first-order valence-electron chi connectivity index (χ1n) is 19.3. The van der Waals surface area contributed by atoms with Gasteiger partial charge in [0.05, 0.1) is 17.1 Å². The summed E-state index contributed by atoms with van der Waals surface area (Å²) in [6, 6.07) is 11.4. The van der Waals surface area contributed by atoms with Crippen LogP contribution in [-0.2, 0) is 26.3 Å². The predicted molar refractivity (Wildman–Crippen MR) is 211 cm³/mol. The van der Waals surface area contributed by atoms with Gasteiger partial charge in [0, 0.05) is 11.8 Å². The third-order valence-electron chi connectivity index (χ3n) is 12.2. The number of rotatable bonds is 7. The third kappa shape index (κ3) is 9.30. The van der Waals surface area contributed by atoms with Crippen molar-refractivity contribution in [2.75, 3.05) is 13.4 Å². The summed E-state index contributed by atoms with van der Waals surface area (Å²) in [5.41, 5.74) is 6.60. The maximum absolute atomic E-state index is 13.0. The highest BCUT2D eigenvalue weighted by Gasteiger charge is 2.41. The number of carbonyl (C=O) groups is 1. The molecule has 7 nitrogen and oxygen atoms in total. The van der Waals surface area contributed by atoms with Crippen LogP contribution in [0.15, 0.2) is 36.4 Å². The number of nitrogens with one attached hydrogen (secondary N) is 1. The van der Waals surface area contributed by atoms with E-state index in [1.807, 2.05) is 45.9 Å². The van der Waals surface area contributed by atoms with E-state index in [-0.39, 0.29) is 0 Å². The van der Waals surface area contributed by atoms with Gasteiger partial charge in [0.1, 0.15) is 5.75 Å². The lowest BCUT2D eigenvalue weighted by Crippen LogP contribution is -2.38. The molecule has 7 rings (SSSR count). The van der Waals surface area contributed by atoms with Crippen molar-refractivity contribution in [1.29, 1.82) is 0 Å². The molecule has 284 valence electrons. The van der Waals surface area contributed by atoms with Crippen LogP contribution in [0, 0.1) is 30.6 Å². The number of hydrogen-bond donors (Lipinski definition) is 1. The number of benzene rings is 2. The molecule has 0 aliphatic heterocycles. The van der Waals surface area contributed by atoms with E-state index in [0.717, 1.165) is 71.3 Å². The van der Waals surface area contributed by atoms with Crippen molar-refractivity contribution < 1.29 is 26.4 Å². The average Bonchev–Trinajstić information content (AvgIpc) is 3.26. The largest absolute Gasteiger partial charge is 0.497 e. The summed E-state index contributed by atoms with van der Waals surface area (Å²) in [7, 11) is -5.49. The fraction of sp³-hybridized carbons (Fsp3) is 0.643. The van der Waals surface area contributed by atoms with Gasteiger partial charge in [-0.2, -0.15) is 0 Å². The highest BCUT2D eigenvalue weighted by molar-refractivity contribution is 7.92. The average molecular weight is 742 g/mol. The minimum absolute atomic E-state index is 0.291. The molecule has 5 aliphatic rings. The normalized spacial score (nSPS) is 25.8. The van der Waals surface area contributed by atoms with Crippen molar-refractivity contribution in [3.8, 4) is 5.75 Å².